The lowest BCUT2D eigenvalue weighted by Crippen LogP contribution is -2.13. The van der Waals surface area contributed by atoms with Gasteiger partial charge in [0.1, 0.15) is 17.2 Å². The number of benzene rings is 1. The molecule has 84 valence electrons. The van der Waals surface area contributed by atoms with Gasteiger partial charge in [-0.15, -0.1) is 0 Å². The van der Waals surface area contributed by atoms with Crippen LogP contribution in [-0.2, 0) is 13.1 Å². The third-order valence-corrected chi connectivity index (χ3v) is 2.26. The van der Waals surface area contributed by atoms with Crippen molar-refractivity contribution in [3.63, 3.8) is 0 Å². The Morgan fingerprint density at radius 1 is 1.31 bits per heavy atom. The van der Waals surface area contributed by atoms with Crippen LogP contribution in [0.5, 0.6) is 0 Å². The second-order valence-corrected chi connectivity index (χ2v) is 3.53. The summed E-state index contributed by atoms with van der Waals surface area (Å²) >= 11 is 0. The van der Waals surface area contributed by atoms with E-state index < -0.39 is 0 Å². The molecule has 0 bridgehead atoms. The summed E-state index contributed by atoms with van der Waals surface area (Å²) in [4.78, 5) is 0. The topological polar surface area (TPSA) is 51.0 Å². The molecule has 0 radical (unpaired) electrons. The molecule has 1 N–H and O–H groups in total. The maximum atomic E-state index is 12.9. The molecule has 16 heavy (non-hydrogen) atoms. The van der Waals surface area contributed by atoms with Crippen molar-refractivity contribution in [3.8, 4) is 0 Å². The summed E-state index contributed by atoms with van der Waals surface area (Å²) in [5, 5.41) is 10.6. The minimum Gasteiger partial charge on any atom is -0.307 e. The van der Waals surface area contributed by atoms with Gasteiger partial charge < -0.3 is 5.32 Å². The zero-order chi connectivity index (χ0) is 11.4. The van der Waals surface area contributed by atoms with Gasteiger partial charge in [-0.1, -0.05) is 22.4 Å². The van der Waals surface area contributed by atoms with Crippen LogP contribution in [0.3, 0.4) is 0 Å². The van der Waals surface area contributed by atoms with Gasteiger partial charge in [0.05, 0.1) is 0 Å². The van der Waals surface area contributed by atoms with Crippen molar-refractivity contribution >= 4 is 0 Å². The van der Waals surface area contributed by atoms with Gasteiger partial charge >= 0.3 is 0 Å². The van der Waals surface area contributed by atoms with Gasteiger partial charge in [-0.2, -0.15) is 0 Å². The molecule has 2 rings (SSSR count). The maximum Gasteiger partial charge on any atom is 0.123 e. The molecule has 0 fully saturated rings. The maximum absolute atomic E-state index is 12.9. The number of aryl methyl sites for hydroxylation is 1. The number of halogens is 1. The molecule has 4 nitrogen and oxygen atoms in total. The van der Waals surface area contributed by atoms with Gasteiger partial charge in [0.15, 0.2) is 0 Å². The molecule has 1 heterocycles. The predicted octanol–water partition coefficient (Wildman–Crippen LogP) is 1.81. The first-order chi connectivity index (χ1) is 7.75. The monoisotopic (exact) mass is 221 g/mol. The van der Waals surface area contributed by atoms with Crippen LogP contribution in [0.1, 0.15) is 17.0 Å². The van der Waals surface area contributed by atoms with E-state index in [0.29, 0.717) is 13.1 Å². The normalized spacial score (nSPS) is 10.6. The van der Waals surface area contributed by atoms with E-state index in [1.165, 1.54) is 12.1 Å². The first-order valence-electron chi connectivity index (χ1n) is 4.99. The van der Waals surface area contributed by atoms with Crippen molar-refractivity contribution in [1.82, 2.24) is 15.6 Å². The van der Waals surface area contributed by atoms with E-state index >= 15 is 0 Å². The molecule has 0 spiro atoms. The number of nitrogens with one attached hydrogen (secondary N) is 1. The van der Waals surface area contributed by atoms with Gasteiger partial charge in [0.2, 0.25) is 0 Å². The summed E-state index contributed by atoms with van der Waals surface area (Å²) in [5.74, 6) is -0.224. The predicted molar refractivity (Wildman–Crippen MR) is 56.0 cm³/mol. The molecule has 0 amide bonds. The lowest BCUT2D eigenvalue weighted by atomic mass is 10.2. The van der Waals surface area contributed by atoms with E-state index in [1.54, 1.807) is 6.07 Å². The summed E-state index contributed by atoms with van der Waals surface area (Å²) < 4.78 is 17.4. The largest absolute Gasteiger partial charge is 0.307 e. The molecule has 5 heteroatoms. The van der Waals surface area contributed by atoms with Gasteiger partial charge in [-0.05, 0) is 24.6 Å². The van der Waals surface area contributed by atoms with Crippen molar-refractivity contribution in [2.75, 3.05) is 0 Å². The van der Waals surface area contributed by atoms with Crippen LogP contribution < -0.4 is 5.32 Å². The van der Waals surface area contributed by atoms with Gasteiger partial charge in [0, 0.05) is 13.1 Å². The Morgan fingerprint density at radius 3 is 2.88 bits per heavy atom. The lowest BCUT2D eigenvalue weighted by Gasteiger charge is -2.02. The zero-order valence-electron chi connectivity index (χ0n) is 8.90. The van der Waals surface area contributed by atoms with E-state index in [-0.39, 0.29) is 5.82 Å². The molecule has 1 aromatic heterocycles. The molecule has 0 aliphatic rings. The van der Waals surface area contributed by atoms with Crippen LogP contribution in [-0.4, -0.2) is 10.3 Å². The molecule has 0 saturated heterocycles. The van der Waals surface area contributed by atoms with E-state index in [0.717, 1.165) is 17.0 Å². The van der Waals surface area contributed by atoms with Crippen LogP contribution in [0, 0.1) is 12.7 Å². The molecular weight excluding hydrogens is 209 g/mol. The van der Waals surface area contributed by atoms with Gasteiger partial charge in [0.25, 0.3) is 0 Å². The first kappa shape index (κ1) is 10.8. The minimum absolute atomic E-state index is 0.224. The van der Waals surface area contributed by atoms with Crippen LogP contribution in [0.15, 0.2) is 28.9 Å². The van der Waals surface area contributed by atoms with E-state index in [2.05, 4.69) is 20.3 Å². The van der Waals surface area contributed by atoms with E-state index in [4.69, 9.17) is 0 Å². The number of hydrogen-bond acceptors (Lipinski definition) is 4. The highest BCUT2D eigenvalue weighted by atomic mass is 19.1. The van der Waals surface area contributed by atoms with Crippen molar-refractivity contribution < 1.29 is 9.02 Å². The Bertz CT molecular complexity index is 470. The minimum atomic E-state index is -0.224. The first-order valence-corrected chi connectivity index (χ1v) is 4.99. The van der Waals surface area contributed by atoms with E-state index in [1.807, 2.05) is 13.0 Å². The van der Waals surface area contributed by atoms with Crippen LogP contribution in [0.25, 0.3) is 0 Å². The fourth-order valence-corrected chi connectivity index (χ4v) is 1.38. The summed E-state index contributed by atoms with van der Waals surface area (Å²) in [6.45, 7) is 2.98. The summed E-state index contributed by atoms with van der Waals surface area (Å²) in [6.07, 6.45) is 0. The highest BCUT2D eigenvalue weighted by Gasteiger charge is 2.03. The molecule has 0 unspecified atom stereocenters. The molecule has 1 aromatic carbocycles. The van der Waals surface area contributed by atoms with Crippen LogP contribution >= 0.6 is 0 Å². The molecule has 0 atom stereocenters. The number of rotatable bonds is 4. The van der Waals surface area contributed by atoms with Crippen LogP contribution in [0.4, 0.5) is 4.39 Å². The summed E-state index contributed by atoms with van der Waals surface area (Å²) in [5.41, 5.74) is 2.44. The highest BCUT2D eigenvalue weighted by Crippen LogP contribution is 2.04. The zero-order valence-corrected chi connectivity index (χ0v) is 8.90. The summed E-state index contributed by atoms with van der Waals surface area (Å²) in [6, 6.07) is 6.48. The Kier molecular flexibility index (Phi) is 3.26. The highest BCUT2D eigenvalue weighted by molar-refractivity contribution is 5.16. The average molecular weight is 221 g/mol. The average Bonchev–Trinajstić information content (AvgIpc) is 2.65. The van der Waals surface area contributed by atoms with Crippen molar-refractivity contribution in [1.29, 1.82) is 0 Å². The smallest absolute Gasteiger partial charge is 0.123 e. The Morgan fingerprint density at radius 2 is 2.19 bits per heavy atom. The number of hydrogen-bond donors (Lipinski definition) is 1. The fraction of sp³-hybridized carbons (Fsp3) is 0.273. The number of aromatic nitrogens is 2. The lowest BCUT2D eigenvalue weighted by molar-refractivity contribution is 0.300. The second kappa shape index (κ2) is 4.85. The van der Waals surface area contributed by atoms with E-state index in [9.17, 15) is 4.39 Å². The quantitative estimate of drug-likeness (QED) is 0.855. The molecular formula is C11H12FN3O. The molecule has 2 aromatic rings. The Balaban J connectivity index is 1.87. The van der Waals surface area contributed by atoms with Crippen molar-refractivity contribution in [2.45, 2.75) is 20.0 Å². The third-order valence-electron chi connectivity index (χ3n) is 2.26. The van der Waals surface area contributed by atoms with Crippen LogP contribution in [0.2, 0.25) is 0 Å². The van der Waals surface area contributed by atoms with Gasteiger partial charge in [-0.25, -0.2) is 9.02 Å². The fourth-order valence-electron chi connectivity index (χ4n) is 1.38. The third kappa shape index (κ3) is 2.64. The number of nitrogens with zero attached hydrogens (tertiary/aromatic N) is 2. The second-order valence-electron chi connectivity index (χ2n) is 3.53. The molecule has 0 saturated carbocycles. The van der Waals surface area contributed by atoms with Crippen molar-refractivity contribution in [3.05, 3.63) is 47.0 Å². The Hall–Kier alpha value is -1.75. The standard InChI is InChI=1S/C11H12FN3O/c1-8-11(15-16-14-8)7-13-6-9-3-2-4-10(12)5-9/h2-5,13H,6-7H2,1H3. The SMILES string of the molecule is Cc1nonc1CNCc1cccc(F)c1. The molecule has 0 aliphatic heterocycles. The van der Waals surface area contributed by atoms with Crippen molar-refractivity contribution in [2.24, 2.45) is 0 Å². The molecule has 0 aliphatic carbocycles. The van der Waals surface area contributed by atoms with Gasteiger partial charge in [-0.3, -0.25) is 0 Å². The summed E-state index contributed by atoms with van der Waals surface area (Å²) in [7, 11) is 0. The Labute approximate surface area is 92.4 Å².